The number of hydrogen-bond donors (Lipinski definition) is 2. The molecule has 0 fully saturated rings. The van der Waals surface area contributed by atoms with Gasteiger partial charge < -0.3 is 14.9 Å². The Kier molecular flexibility index (Phi) is 6.47. The topological polar surface area (TPSA) is 52.9 Å². The van der Waals surface area contributed by atoms with Gasteiger partial charge in [0, 0.05) is 13.1 Å². The van der Waals surface area contributed by atoms with Crippen LogP contribution in [-0.2, 0) is 5.91 Å². The second-order valence-corrected chi connectivity index (χ2v) is 5.85. The minimum atomic E-state index is -2.05. The van der Waals surface area contributed by atoms with Crippen molar-refractivity contribution < 1.29 is 14.9 Å². The summed E-state index contributed by atoms with van der Waals surface area (Å²) in [5, 5.41) is 21.4. The average molecular weight is 316 g/mol. The third kappa shape index (κ3) is 4.10. The smallest absolute Gasteiger partial charge is 0.257 e. The van der Waals surface area contributed by atoms with Crippen LogP contribution in [0.1, 0.15) is 38.8 Å². The summed E-state index contributed by atoms with van der Waals surface area (Å²) in [6.45, 7) is 11.3. The molecule has 0 spiro atoms. The Morgan fingerprint density at radius 3 is 2.52 bits per heavy atom. The summed E-state index contributed by atoms with van der Waals surface area (Å²) in [5.74, 6) is -1.37. The van der Waals surface area contributed by atoms with Crippen LogP contribution in [0.5, 0.6) is 5.75 Å². The van der Waals surface area contributed by atoms with Crippen LogP contribution in [-0.4, -0.2) is 34.8 Å². The molecule has 4 nitrogen and oxygen atoms in total. The van der Waals surface area contributed by atoms with Gasteiger partial charge in [-0.2, -0.15) is 0 Å². The van der Waals surface area contributed by atoms with E-state index in [0.717, 1.165) is 5.56 Å². The van der Waals surface area contributed by atoms with Crippen LogP contribution in [0.25, 0.3) is 0 Å². The van der Waals surface area contributed by atoms with Crippen molar-refractivity contribution >= 4 is 11.6 Å². The fourth-order valence-corrected chi connectivity index (χ4v) is 2.70. The molecule has 0 aliphatic carbocycles. The standard InChI is InChI=1S/C14H20ClNO3.C2H6/c1-9(2)8-16-4-5-19-13-11(14(16,17)18)6-10(3)7-12(13)15;1-2/h6-7,9,17-18H,4-5,8H2,1-3H3;1-2H3. The highest BCUT2D eigenvalue weighted by molar-refractivity contribution is 6.32. The van der Waals surface area contributed by atoms with Crippen molar-refractivity contribution in [3.63, 3.8) is 0 Å². The van der Waals surface area contributed by atoms with E-state index in [2.05, 4.69) is 0 Å². The van der Waals surface area contributed by atoms with E-state index in [4.69, 9.17) is 16.3 Å². The van der Waals surface area contributed by atoms with Gasteiger partial charge in [0.05, 0.1) is 10.6 Å². The largest absolute Gasteiger partial charge is 0.490 e. The monoisotopic (exact) mass is 315 g/mol. The number of hydrogen-bond acceptors (Lipinski definition) is 4. The first-order chi connectivity index (χ1) is 9.82. The molecule has 1 aromatic rings. The molecule has 0 unspecified atom stereocenters. The summed E-state index contributed by atoms with van der Waals surface area (Å²) in [4.78, 5) is 1.61. The Balaban J connectivity index is 0.00000106. The first kappa shape index (κ1) is 18.2. The van der Waals surface area contributed by atoms with Gasteiger partial charge in [0.2, 0.25) is 0 Å². The molecule has 2 rings (SSSR count). The number of nitrogens with zero attached hydrogens (tertiary/aromatic N) is 1. The zero-order chi connectivity index (χ0) is 16.2. The first-order valence-corrected chi connectivity index (χ1v) is 7.83. The van der Waals surface area contributed by atoms with Gasteiger partial charge in [-0.3, -0.25) is 0 Å². The molecular weight excluding hydrogens is 290 g/mol. The van der Waals surface area contributed by atoms with Crippen molar-refractivity contribution in [3.8, 4) is 5.75 Å². The Labute approximate surface area is 132 Å². The number of aliphatic hydroxyl groups is 2. The second kappa shape index (κ2) is 7.45. The summed E-state index contributed by atoms with van der Waals surface area (Å²) in [6.07, 6.45) is 0. The molecule has 1 aromatic carbocycles. The zero-order valence-corrected chi connectivity index (χ0v) is 14.2. The van der Waals surface area contributed by atoms with E-state index in [1.165, 1.54) is 0 Å². The molecule has 0 saturated carbocycles. The molecule has 1 heterocycles. The molecular formula is C16H26ClNO3. The number of benzene rings is 1. The maximum absolute atomic E-state index is 10.5. The number of aryl methyl sites for hydroxylation is 1. The highest BCUT2D eigenvalue weighted by Crippen LogP contribution is 2.39. The van der Waals surface area contributed by atoms with Crippen LogP contribution >= 0.6 is 11.6 Å². The van der Waals surface area contributed by atoms with E-state index in [-0.39, 0.29) is 0 Å². The maximum Gasteiger partial charge on any atom is 0.257 e. The quantitative estimate of drug-likeness (QED) is 0.823. The molecule has 21 heavy (non-hydrogen) atoms. The highest BCUT2D eigenvalue weighted by Gasteiger charge is 2.40. The number of ether oxygens (including phenoxy) is 1. The van der Waals surface area contributed by atoms with Crippen LogP contribution < -0.4 is 4.74 Å². The van der Waals surface area contributed by atoms with Crippen LogP contribution in [0.2, 0.25) is 5.02 Å². The van der Waals surface area contributed by atoms with Gasteiger partial charge in [-0.05, 0) is 30.5 Å². The molecule has 0 atom stereocenters. The Morgan fingerprint density at radius 2 is 1.95 bits per heavy atom. The molecule has 120 valence electrons. The molecule has 0 amide bonds. The van der Waals surface area contributed by atoms with Gasteiger partial charge in [-0.15, -0.1) is 0 Å². The molecule has 2 N–H and O–H groups in total. The van der Waals surface area contributed by atoms with Crippen molar-refractivity contribution in [2.24, 2.45) is 5.92 Å². The van der Waals surface area contributed by atoms with E-state index in [1.54, 1.807) is 17.0 Å². The summed E-state index contributed by atoms with van der Waals surface area (Å²) in [5.41, 5.74) is 1.18. The van der Waals surface area contributed by atoms with Gasteiger partial charge in [-0.25, -0.2) is 4.90 Å². The molecule has 0 bridgehead atoms. The number of rotatable bonds is 2. The Hall–Kier alpha value is -0.810. The SMILES string of the molecule is CC.Cc1cc(Cl)c2c(c1)C(O)(O)N(CC(C)C)CCO2. The van der Waals surface area contributed by atoms with E-state index < -0.39 is 5.91 Å². The van der Waals surface area contributed by atoms with Crippen molar-refractivity contribution in [1.82, 2.24) is 4.90 Å². The first-order valence-electron chi connectivity index (χ1n) is 7.45. The molecule has 0 saturated heterocycles. The summed E-state index contributed by atoms with van der Waals surface area (Å²) in [6, 6.07) is 3.47. The van der Waals surface area contributed by atoms with Crippen molar-refractivity contribution in [3.05, 3.63) is 28.3 Å². The van der Waals surface area contributed by atoms with Gasteiger partial charge >= 0.3 is 0 Å². The lowest BCUT2D eigenvalue weighted by Gasteiger charge is -2.34. The van der Waals surface area contributed by atoms with Gasteiger partial charge in [0.25, 0.3) is 5.91 Å². The van der Waals surface area contributed by atoms with Crippen molar-refractivity contribution in [1.29, 1.82) is 0 Å². The van der Waals surface area contributed by atoms with Gasteiger partial charge in [0.15, 0.2) is 0 Å². The summed E-state index contributed by atoms with van der Waals surface area (Å²) in [7, 11) is 0. The van der Waals surface area contributed by atoms with E-state index in [9.17, 15) is 10.2 Å². The molecule has 0 radical (unpaired) electrons. The molecule has 5 heteroatoms. The minimum Gasteiger partial charge on any atom is -0.490 e. The van der Waals surface area contributed by atoms with Crippen LogP contribution in [0.15, 0.2) is 12.1 Å². The second-order valence-electron chi connectivity index (χ2n) is 5.45. The number of halogens is 1. The third-order valence-electron chi connectivity index (χ3n) is 3.18. The summed E-state index contributed by atoms with van der Waals surface area (Å²) < 4.78 is 5.59. The molecule has 0 aromatic heterocycles. The zero-order valence-electron chi connectivity index (χ0n) is 13.5. The lowest BCUT2D eigenvalue weighted by atomic mass is 10.1. The average Bonchev–Trinajstić information content (AvgIpc) is 2.51. The normalized spacial score (nSPS) is 17.4. The van der Waals surface area contributed by atoms with E-state index in [1.807, 2.05) is 34.6 Å². The molecule has 1 aliphatic heterocycles. The van der Waals surface area contributed by atoms with Crippen molar-refractivity contribution in [2.75, 3.05) is 19.7 Å². The lowest BCUT2D eigenvalue weighted by molar-refractivity contribution is -0.275. The van der Waals surface area contributed by atoms with Crippen molar-refractivity contribution in [2.45, 2.75) is 40.5 Å². The Morgan fingerprint density at radius 1 is 1.33 bits per heavy atom. The highest BCUT2D eigenvalue weighted by atomic mass is 35.5. The van der Waals surface area contributed by atoms with Crippen LogP contribution in [0.4, 0.5) is 0 Å². The minimum absolute atomic E-state index is 0.315. The molecule has 1 aliphatic rings. The van der Waals surface area contributed by atoms with E-state index in [0.29, 0.717) is 41.9 Å². The van der Waals surface area contributed by atoms with Crippen LogP contribution in [0.3, 0.4) is 0 Å². The van der Waals surface area contributed by atoms with E-state index >= 15 is 0 Å². The van der Waals surface area contributed by atoms with Crippen LogP contribution in [0, 0.1) is 12.8 Å². The maximum atomic E-state index is 10.5. The van der Waals surface area contributed by atoms with Gasteiger partial charge in [-0.1, -0.05) is 39.3 Å². The fourth-order valence-electron chi connectivity index (χ4n) is 2.37. The predicted molar refractivity (Wildman–Crippen MR) is 85.6 cm³/mol. The fraction of sp³-hybridized carbons (Fsp3) is 0.625. The summed E-state index contributed by atoms with van der Waals surface area (Å²) >= 11 is 6.13. The lowest BCUT2D eigenvalue weighted by Crippen LogP contribution is -2.48. The predicted octanol–water partition coefficient (Wildman–Crippen LogP) is 3.12. The Bertz CT molecular complexity index is 475. The van der Waals surface area contributed by atoms with Gasteiger partial charge in [0.1, 0.15) is 12.4 Å². The third-order valence-corrected chi connectivity index (χ3v) is 3.46. The number of fused-ring (bicyclic) bond motifs is 1.